The van der Waals surface area contributed by atoms with Crippen molar-refractivity contribution in [3.8, 4) is 5.75 Å². The number of imide groups is 1. The summed E-state index contributed by atoms with van der Waals surface area (Å²) in [6.07, 6.45) is 1.85. The average Bonchev–Trinajstić information content (AvgIpc) is 3.12. The number of benzene rings is 3. The summed E-state index contributed by atoms with van der Waals surface area (Å²) < 4.78 is 11.1. The molecule has 194 valence electrons. The van der Waals surface area contributed by atoms with Crippen LogP contribution in [0.2, 0.25) is 0 Å². The Morgan fingerprint density at radius 3 is 2.35 bits per heavy atom. The lowest BCUT2D eigenvalue weighted by molar-refractivity contribution is -0.136. The van der Waals surface area contributed by atoms with Crippen LogP contribution in [0.5, 0.6) is 5.75 Å². The van der Waals surface area contributed by atoms with Crippen molar-refractivity contribution in [2.75, 3.05) is 46.5 Å². The summed E-state index contributed by atoms with van der Waals surface area (Å²) in [5.74, 6) is 0.719. The van der Waals surface area contributed by atoms with E-state index in [2.05, 4.69) is 47.4 Å². The van der Waals surface area contributed by atoms with Crippen molar-refractivity contribution >= 4 is 22.7 Å². The van der Waals surface area contributed by atoms with Crippen LogP contribution in [0.1, 0.15) is 24.8 Å². The Balaban J connectivity index is 1.24. The molecule has 2 fully saturated rings. The van der Waals surface area contributed by atoms with Gasteiger partial charge in [-0.25, -0.2) is 4.79 Å². The van der Waals surface area contributed by atoms with Crippen molar-refractivity contribution < 1.29 is 19.1 Å². The number of fused-ring (bicyclic) bond motifs is 1. The van der Waals surface area contributed by atoms with Crippen LogP contribution < -0.4 is 4.74 Å². The predicted molar refractivity (Wildman–Crippen MR) is 143 cm³/mol. The second-order valence-electron chi connectivity index (χ2n) is 9.84. The van der Waals surface area contributed by atoms with E-state index in [4.69, 9.17) is 9.47 Å². The quantitative estimate of drug-likeness (QED) is 0.301. The van der Waals surface area contributed by atoms with Gasteiger partial charge in [-0.3, -0.25) is 14.6 Å². The van der Waals surface area contributed by atoms with Gasteiger partial charge in [0.15, 0.2) is 0 Å². The van der Waals surface area contributed by atoms with Gasteiger partial charge in [0.05, 0.1) is 13.2 Å². The first-order chi connectivity index (χ1) is 18.1. The van der Waals surface area contributed by atoms with Crippen molar-refractivity contribution in [3.05, 3.63) is 78.4 Å². The fraction of sp³-hybridized carbons (Fsp3) is 0.400. The van der Waals surface area contributed by atoms with Crippen LogP contribution in [0.4, 0.5) is 4.79 Å². The number of carbonyl (C=O) groups is 2. The van der Waals surface area contributed by atoms with Crippen molar-refractivity contribution in [2.45, 2.75) is 31.3 Å². The number of urea groups is 1. The number of ether oxygens (including phenoxy) is 2. The SMILES string of the molecule is COCCN1C(=O)N(CCCOc2ccccc2)C(=O)C12CCN(Cc1cccc3ccccc13)CC2. The number of para-hydroxylation sites is 1. The normalized spacial score (nSPS) is 17.8. The minimum Gasteiger partial charge on any atom is -0.494 e. The summed E-state index contributed by atoms with van der Waals surface area (Å²) in [6, 6.07) is 24.3. The number of amides is 3. The van der Waals surface area contributed by atoms with Crippen LogP contribution in [0.15, 0.2) is 72.8 Å². The third kappa shape index (κ3) is 5.20. The standard InChI is InChI=1S/C30H35N3O4/c1-36-22-20-33-29(35)32(17-8-21-37-26-12-3-2-4-13-26)28(34)30(33)15-18-31(19-16-30)23-25-11-7-10-24-9-5-6-14-27(24)25/h2-7,9-14H,8,15-23H2,1H3. The zero-order valence-corrected chi connectivity index (χ0v) is 21.5. The molecule has 0 radical (unpaired) electrons. The molecule has 0 bridgehead atoms. The first kappa shape index (κ1) is 25.2. The van der Waals surface area contributed by atoms with E-state index in [1.54, 1.807) is 12.0 Å². The van der Waals surface area contributed by atoms with Gasteiger partial charge in [0.25, 0.3) is 5.91 Å². The lowest BCUT2D eigenvalue weighted by Crippen LogP contribution is -2.57. The number of likely N-dealkylation sites (tertiary alicyclic amines) is 1. The van der Waals surface area contributed by atoms with Gasteiger partial charge in [0, 0.05) is 39.8 Å². The molecule has 3 aromatic rings. The van der Waals surface area contributed by atoms with E-state index in [0.717, 1.165) is 25.4 Å². The highest BCUT2D eigenvalue weighted by molar-refractivity contribution is 6.07. The number of methoxy groups -OCH3 is 1. The molecule has 2 heterocycles. The van der Waals surface area contributed by atoms with Gasteiger partial charge in [-0.15, -0.1) is 0 Å². The van der Waals surface area contributed by atoms with Crippen molar-refractivity contribution in [3.63, 3.8) is 0 Å². The first-order valence-corrected chi connectivity index (χ1v) is 13.1. The summed E-state index contributed by atoms with van der Waals surface area (Å²) in [6.45, 7) is 3.98. The van der Waals surface area contributed by atoms with E-state index < -0.39 is 5.54 Å². The molecule has 0 unspecified atom stereocenters. The molecule has 2 aliphatic rings. The van der Waals surface area contributed by atoms with Gasteiger partial charge in [-0.1, -0.05) is 60.7 Å². The topological polar surface area (TPSA) is 62.3 Å². The monoisotopic (exact) mass is 501 g/mol. The molecule has 0 saturated carbocycles. The minimum absolute atomic E-state index is 0.0712. The second-order valence-corrected chi connectivity index (χ2v) is 9.84. The van der Waals surface area contributed by atoms with Gasteiger partial charge in [0.2, 0.25) is 0 Å². The zero-order chi connectivity index (χ0) is 25.7. The maximum atomic E-state index is 13.7. The van der Waals surface area contributed by atoms with E-state index in [9.17, 15) is 9.59 Å². The third-order valence-corrected chi connectivity index (χ3v) is 7.64. The van der Waals surface area contributed by atoms with Crippen LogP contribution in [0.3, 0.4) is 0 Å². The number of piperidine rings is 1. The lowest BCUT2D eigenvalue weighted by atomic mass is 9.85. The van der Waals surface area contributed by atoms with Gasteiger partial charge < -0.3 is 14.4 Å². The fourth-order valence-corrected chi connectivity index (χ4v) is 5.64. The lowest BCUT2D eigenvalue weighted by Gasteiger charge is -2.42. The highest BCUT2D eigenvalue weighted by Gasteiger charge is 2.57. The van der Waals surface area contributed by atoms with E-state index in [1.165, 1.54) is 21.2 Å². The molecule has 2 saturated heterocycles. The molecule has 5 rings (SSSR count). The van der Waals surface area contributed by atoms with Crippen LogP contribution >= 0.6 is 0 Å². The molecule has 0 aliphatic carbocycles. The number of carbonyl (C=O) groups excluding carboxylic acids is 2. The van der Waals surface area contributed by atoms with Gasteiger partial charge in [-0.2, -0.15) is 0 Å². The first-order valence-electron chi connectivity index (χ1n) is 13.1. The smallest absolute Gasteiger partial charge is 0.327 e. The molecular formula is C30H35N3O4. The molecule has 7 nitrogen and oxygen atoms in total. The average molecular weight is 502 g/mol. The minimum atomic E-state index is -0.787. The van der Waals surface area contributed by atoms with E-state index in [0.29, 0.717) is 45.6 Å². The van der Waals surface area contributed by atoms with E-state index in [1.807, 2.05) is 30.3 Å². The molecule has 3 amide bonds. The molecule has 7 heteroatoms. The van der Waals surface area contributed by atoms with Crippen LogP contribution in [0, 0.1) is 0 Å². The zero-order valence-electron chi connectivity index (χ0n) is 21.5. The van der Waals surface area contributed by atoms with E-state index >= 15 is 0 Å². The van der Waals surface area contributed by atoms with Gasteiger partial charge in [0.1, 0.15) is 11.3 Å². The van der Waals surface area contributed by atoms with Crippen molar-refractivity contribution in [2.24, 2.45) is 0 Å². The third-order valence-electron chi connectivity index (χ3n) is 7.64. The summed E-state index contributed by atoms with van der Waals surface area (Å²) in [5, 5.41) is 2.51. The summed E-state index contributed by atoms with van der Waals surface area (Å²) in [4.78, 5) is 32.7. The number of hydrogen-bond donors (Lipinski definition) is 0. The maximum Gasteiger partial charge on any atom is 0.327 e. The van der Waals surface area contributed by atoms with Crippen LogP contribution in [-0.2, 0) is 16.1 Å². The Morgan fingerprint density at radius 2 is 1.57 bits per heavy atom. The highest BCUT2D eigenvalue weighted by atomic mass is 16.5. The second kappa shape index (κ2) is 11.3. The maximum absolute atomic E-state index is 13.7. The molecule has 0 N–H and O–H groups in total. The highest BCUT2D eigenvalue weighted by Crippen LogP contribution is 2.38. The Hall–Kier alpha value is -3.42. The van der Waals surface area contributed by atoms with Crippen LogP contribution in [-0.4, -0.2) is 78.7 Å². The molecule has 37 heavy (non-hydrogen) atoms. The molecule has 1 spiro atoms. The van der Waals surface area contributed by atoms with Crippen LogP contribution in [0.25, 0.3) is 10.8 Å². The summed E-state index contributed by atoms with van der Waals surface area (Å²) in [5.41, 5.74) is 0.504. The molecule has 2 aliphatic heterocycles. The number of hydrogen-bond acceptors (Lipinski definition) is 5. The number of rotatable bonds is 10. The molecular weight excluding hydrogens is 466 g/mol. The van der Waals surface area contributed by atoms with Crippen molar-refractivity contribution in [1.82, 2.24) is 14.7 Å². The largest absolute Gasteiger partial charge is 0.494 e. The number of nitrogens with zero attached hydrogens (tertiary/aromatic N) is 3. The Kier molecular flexibility index (Phi) is 7.72. The Bertz CT molecular complexity index is 1220. The fourth-order valence-electron chi connectivity index (χ4n) is 5.64. The van der Waals surface area contributed by atoms with Gasteiger partial charge >= 0.3 is 6.03 Å². The van der Waals surface area contributed by atoms with E-state index in [-0.39, 0.29) is 11.9 Å². The van der Waals surface area contributed by atoms with Crippen molar-refractivity contribution in [1.29, 1.82) is 0 Å². The molecule has 3 aromatic carbocycles. The Morgan fingerprint density at radius 1 is 0.838 bits per heavy atom. The molecule has 0 atom stereocenters. The van der Waals surface area contributed by atoms with Gasteiger partial charge in [-0.05, 0) is 47.7 Å². The summed E-state index contributed by atoms with van der Waals surface area (Å²) in [7, 11) is 1.63. The Labute approximate surface area is 218 Å². The molecule has 0 aromatic heterocycles. The predicted octanol–water partition coefficient (Wildman–Crippen LogP) is 4.55. The summed E-state index contributed by atoms with van der Waals surface area (Å²) >= 11 is 0.